The number of halogens is 2. The molecule has 3 aromatic rings. The summed E-state index contributed by atoms with van der Waals surface area (Å²) in [5.74, 6) is -1.02. The van der Waals surface area contributed by atoms with E-state index >= 15 is 0 Å². The van der Waals surface area contributed by atoms with Crippen LogP contribution in [-0.4, -0.2) is 23.7 Å². The monoisotopic (exact) mass is 401 g/mol. The number of ether oxygens (including phenoxy) is 1. The molecule has 0 aliphatic rings. The minimum atomic E-state index is -0.503. The van der Waals surface area contributed by atoms with Gasteiger partial charge in [0.25, 0.3) is 0 Å². The maximum Gasteiger partial charge on any atom is 0.246 e. The lowest BCUT2D eigenvalue weighted by atomic mass is 10.1. The normalized spacial score (nSPS) is 11.4. The minimum absolute atomic E-state index is 0.0471. The number of aromatic nitrogens is 1. The molecule has 8 heteroatoms. The maximum atomic E-state index is 13.8. The summed E-state index contributed by atoms with van der Waals surface area (Å²) in [6.45, 7) is 1.66. The largest absolute Gasteiger partial charge is 0.494 e. The van der Waals surface area contributed by atoms with Crippen LogP contribution < -0.4 is 10.2 Å². The van der Waals surface area contributed by atoms with Crippen molar-refractivity contribution in [2.45, 2.75) is 13.3 Å². The van der Waals surface area contributed by atoms with Gasteiger partial charge in [0.15, 0.2) is 11.6 Å². The van der Waals surface area contributed by atoms with Gasteiger partial charge in [-0.25, -0.2) is 19.2 Å². The van der Waals surface area contributed by atoms with Crippen molar-refractivity contribution in [3.63, 3.8) is 0 Å². The zero-order valence-electron chi connectivity index (χ0n) is 15.2. The molecule has 0 aliphatic carbocycles. The molecule has 0 saturated carbocycles. The first-order valence-electron chi connectivity index (χ1n) is 8.33. The highest BCUT2D eigenvalue weighted by atomic mass is 32.1. The summed E-state index contributed by atoms with van der Waals surface area (Å²) in [4.78, 5) is 16.5. The third-order valence-corrected chi connectivity index (χ3v) is 4.84. The quantitative estimate of drug-likeness (QED) is 0.498. The summed E-state index contributed by atoms with van der Waals surface area (Å²) in [6.07, 6.45) is 0.0471. The Morgan fingerprint density at radius 2 is 1.96 bits per heavy atom. The number of amides is 1. The molecular weight excluding hydrogens is 384 g/mol. The summed E-state index contributed by atoms with van der Waals surface area (Å²) in [5, 5.41) is 6.48. The minimum Gasteiger partial charge on any atom is -0.494 e. The first-order valence-corrected chi connectivity index (χ1v) is 9.21. The second-order valence-corrected chi connectivity index (χ2v) is 6.77. The number of nitrogens with zero attached hydrogens (tertiary/aromatic N) is 2. The summed E-state index contributed by atoms with van der Waals surface area (Å²) in [7, 11) is 1.39. The van der Waals surface area contributed by atoms with E-state index in [9.17, 15) is 13.6 Å². The van der Waals surface area contributed by atoms with Crippen molar-refractivity contribution in [2.24, 2.45) is 5.10 Å². The highest BCUT2D eigenvalue weighted by Gasteiger charge is 2.10. The standard InChI is InChI=1S/C20H17F2N3O2S/c1-12(14-5-8-18(27-2)17(22)9-14)24-25-19(26)10-16-11-28-20(23-16)13-3-6-15(21)7-4-13/h3-9,11H,10H2,1-2H3,(H,25,26)/b24-12-. The molecule has 144 valence electrons. The van der Waals surface area contributed by atoms with Gasteiger partial charge in [-0.3, -0.25) is 4.79 Å². The van der Waals surface area contributed by atoms with Crippen LogP contribution in [0.1, 0.15) is 18.2 Å². The lowest BCUT2D eigenvalue weighted by Gasteiger charge is -2.05. The number of carbonyl (C=O) groups excluding carboxylic acids is 1. The van der Waals surface area contributed by atoms with Crippen LogP contribution in [0.4, 0.5) is 8.78 Å². The molecule has 2 aromatic carbocycles. The fraction of sp³-hybridized carbons (Fsp3) is 0.150. The van der Waals surface area contributed by atoms with Crippen molar-refractivity contribution in [3.8, 4) is 16.3 Å². The van der Waals surface area contributed by atoms with Crippen LogP contribution in [0.25, 0.3) is 10.6 Å². The van der Waals surface area contributed by atoms with Gasteiger partial charge in [0.2, 0.25) is 5.91 Å². The Hall–Kier alpha value is -3.13. The number of nitrogens with one attached hydrogen (secondary N) is 1. The molecule has 3 rings (SSSR count). The second-order valence-electron chi connectivity index (χ2n) is 5.91. The average Bonchev–Trinajstić information content (AvgIpc) is 3.15. The number of hydrazone groups is 1. The number of carbonyl (C=O) groups is 1. The smallest absolute Gasteiger partial charge is 0.246 e. The number of thiazole rings is 1. The maximum absolute atomic E-state index is 13.8. The Labute approximate surface area is 164 Å². The van der Waals surface area contributed by atoms with Crippen molar-refractivity contribution in [1.29, 1.82) is 0 Å². The molecule has 0 radical (unpaired) electrons. The van der Waals surface area contributed by atoms with Gasteiger partial charge in [0.05, 0.1) is 24.9 Å². The number of hydrogen-bond donors (Lipinski definition) is 1. The van der Waals surface area contributed by atoms with Gasteiger partial charge >= 0.3 is 0 Å². The molecule has 5 nitrogen and oxygen atoms in total. The van der Waals surface area contributed by atoms with Crippen molar-refractivity contribution in [2.75, 3.05) is 7.11 Å². The van der Waals surface area contributed by atoms with Crippen LogP contribution in [0.15, 0.2) is 52.9 Å². The van der Waals surface area contributed by atoms with Gasteiger partial charge in [-0.05, 0) is 49.4 Å². The first-order chi connectivity index (χ1) is 13.5. The first kappa shape index (κ1) is 19.6. The van der Waals surface area contributed by atoms with E-state index in [1.165, 1.54) is 42.7 Å². The van der Waals surface area contributed by atoms with Crippen molar-refractivity contribution >= 4 is 23.0 Å². The van der Waals surface area contributed by atoms with E-state index in [1.807, 2.05) is 0 Å². The lowest BCUT2D eigenvalue weighted by molar-refractivity contribution is -0.120. The predicted molar refractivity (Wildman–Crippen MR) is 105 cm³/mol. The van der Waals surface area contributed by atoms with Crippen molar-refractivity contribution in [1.82, 2.24) is 10.4 Å². The Kier molecular flexibility index (Phi) is 6.10. The van der Waals surface area contributed by atoms with Gasteiger partial charge in [-0.15, -0.1) is 11.3 Å². The fourth-order valence-electron chi connectivity index (χ4n) is 2.42. The number of benzene rings is 2. The van der Waals surface area contributed by atoms with E-state index in [0.29, 0.717) is 22.0 Å². The van der Waals surface area contributed by atoms with Crippen LogP contribution in [0.3, 0.4) is 0 Å². The van der Waals surface area contributed by atoms with Crippen LogP contribution in [0, 0.1) is 11.6 Å². The Morgan fingerprint density at radius 1 is 1.21 bits per heavy atom. The highest BCUT2D eigenvalue weighted by Crippen LogP contribution is 2.24. The van der Waals surface area contributed by atoms with Gasteiger partial charge in [0, 0.05) is 16.5 Å². The second kappa shape index (κ2) is 8.71. The van der Waals surface area contributed by atoms with Gasteiger partial charge in [-0.2, -0.15) is 5.10 Å². The van der Waals surface area contributed by atoms with Crippen molar-refractivity contribution in [3.05, 3.63) is 70.7 Å². The molecule has 0 saturated heterocycles. The molecule has 0 spiro atoms. The zero-order valence-corrected chi connectivity index (χ0v) is 16.0. The Bertz CT molecular complexity index is 1020. The van der Waals surface area contributed by atoms with Gasteiger partial charge in [0.1, 0.15) is 10.8 Å². The summed E-state index contributed by atoms with van der Waals surface area (Å²) in [5.41, 5.74) is 4.81. The van der Waals surface area contributed by atoms with E-state index in [0.717, 1.165) is 5.56 Å². The summed E-state index contributed by atoms with van der Waals surface area (Å²) < 4.78 is 31.6. The molecule has 0 atom stereocenters. The van der Waals surface area contributed by atoms with Crippen LogP contribution in [0.2, 0.25) is 0 Å². The molecule has 28 heavy (non-hydrogen) atoms. The van der Waals surface area contributed by atoms with Crippen LogP contribution >= 0.6 is 11.3 Å². The SMILES string of the molecule is COc1ccc(/C(C)=N\NC(=O)Cc2csc(-c3ccc(F)cc3)n2)cc1F. The highest BCUT2D eigenvalue weighted by molar-refractivity contribution is 7.13. The predicted octanol–water partition coefficient (Wildman–Crippen LogP) is 4.18. The molecule has 0 unspecified atom stereocenters. The molecule has 1 heterocycles. The Balaban J connectivity index is 1.62. The third kappa shape index (κ3) is 4.77. The van der Waals surface area contributed by atoms with E-state index in [1.54, 1.807) is 30.5 Å². The van der Waals surface area contributed by atoms with Crippen molar-refractivity contribution < 1.29 is 18.3 Å². The summed E-state index contributed by atoms with van der Waals surface area (Å²) >= 11 is 1.37. The van der Waals surface area contributed by atoms with E-state index in [-0.39, 0.29) is 23.9 Å². The molecule has 0 fully saturated rings. The third-order valence-electron chi connectivity index (χ3n) is 3.90. The van der Waals surface area contributed by atoms with E-state index in [2.05, 4.69) is 15.5 Å². The molecule has 0 aliphatic heterocycles. The lowest BCUT2D eigenvalue weighted by Crippen LogP contribution is -2.21. The topological polar surface area (TPSA) is 63.6 Å². The molecular formula is C20H17F2N3O2S. The van der Waals surface area contributed by atoms with E-state index in [4.69, 9.17) is 4.74 Å². The van der Waals surface area contributed by atoms with Gasteiger partial charge < -0.3 is 4.74 Å². The molecule has 1 amide bonds. The molecule has 0 bridgehead atoms. The van der Waals surface area contributed by atoms with E-state index < -0.39 is 5.82 Å². The summed E-state index contributed by atoms with van der Waals surface area (Å²) in [6, 6.07) is 10.4. The average molecular weight is 401 g/mol. The number of rotatable bonds is 6. The number of hydrogen-bond acceptors (Lipinski definition) is 5. The zero-order chi connectivity index (χ0) is 20.1. The number of methoxy groups -OCH3 is 1. The fourth-order valence-corrected chi connectivity index (χ4v) is 3.25. The van der Waals surface area contributed by atoms with Gasteiger partial charge in [-0.1, -0.05) is 0 Å². The molecule has 1 N–H and O–H groups in total. The Morgan fingerprint density at radius 3 is 2.64 bits per heavy atom. The van der Waals surface area contributed by atoms with Crippen LogP contribution in [0.5, 0.6) is 5.75 Å². The molecule has 1 aromatic heterocycles. The van der Waals surface area contributed by atoms with Crippen LogP contribution in [-0.2, 0) is 11.2 Å².